The lowest BCUT2D eigenvalue weighted by Crippen LogP contribution is -2.44. The normalized spacial score (nSPS) is 17.8. The van der Waals surface area contributed by atoms with E-state index in [0.717, 1.165) is 28.1 Å². The minimum absolute atomic E-state index is 0.0000784. The molecule has 2 aliphatic rings. The van der Waals surface area contributed by atoms with Gasteiger partial charge in [0.05, 0.1) is 29.6 Å². The second-order valence-corrected chi connectivity index (χ2v) is 9.14. The maximum Gasteiger partial charge on any atom is 0.408 e. The van der Waals surface area contributed by atoms with Crippen LogP contribution in [0.3, 0.4) is 0 Å². The average molecular weight is 506 g/mol. The molecule has 6 rings (SSSR count). The van der Waals surface area contributed by atoms with Gasteiger partial charge < -0.3 is 9.64 Å². The summed E-state index contributed by atoms with van der Waals surface area (Å²) in [7, 11) is 0. The molecule has 1 amide bonds. The van der Waals surface area contributed by atoms with E-state index in [4.69, 9.17) is 4.74 Å². The van der Waals surface area contributed by atoms with Crippen LogP contribution >= 0.6 is 0 Å². The fourth-order valence-corrected chi connectivity index (χ4v) is 4.77. The van der Waals surface area contributed by atoms with Gasteiger partial charge in [-0.25, -0.2) is 13.8 Å². The van der Waals surface area contributed by atoms with Crippen molar-refractivity contribution in [2.24, 2.45) is 0 Å². The lowest BCUT2D eigenvalue weighted by atomic mass is 10.1. The molecular weight excluding hydrogens is 487 g/mol. The molecule has 5 heterocycles. The van der Waals surface area contributed by atoms with E-state index in [9.17, 15) is 26.7 Å². The molecule has 0 unspecified atom stereocenters. The first-order valence-corrected chi connectivity index (χ1v) is 11.3. The molecule has 0 bridgehead atoms. The van der Waals surface area contributed by atoms with Crippen molar-refractivity contribution in [2.75, 3.05) is 19.8 Å². The lowest BCUT2D eigenvalue weighted by molar-refractivity contribution is -0.141. The first kappa shape index (κ1) is 22.8. The summed E-state index contributed by atoms with van der Waals surface area (Å²) in [6, 6.07) is 1.94. The monoisotopic (exact) mass is 506 g/mol. The third-order valence-electron chi connectivity index (χ3n) is 6.64. The molecule has 8 nitrogen and oxygen atoms in total. The summed E-state index contributed by atoms with van der Waals surface area (Å²) in [5, 5.41) is 4.28. The highest BCUT2D eigenvalue weighted by Gasteiger charge is 2.51. The van der Waals surface area contributed by atoms with Gasteiger partial charge in [-0.2, -0.15) is 18.3 Å². The van der Waals surface area contributed by atoms with Gasteiger partial charge in [-0.15, -0.1) is 0 Å². The van der Waals surface area contributed by atoms with Crippen LogP contribution in [-0.2, 0) is 11.3 Å². The number of alkyl halides is 3. The fourth-order valence-electron chi connectivity index (χ4n) is 4.77. The third-order valence-corrected chi connectivity index (χ3v) is 6.64. The largest absolute Gasteiger partial charge is 0.408 e. The predicted octanol–water partition coefficient (Wildman–Crippen LogP) is 3.98. The van der Waals surface area contributed by atoms with E-state index in [0.29, 0.717) is 32.2 Å². The molecule has 13 heteroatoms. The molecule has 188 valence electrons. The number of halogens is 5. The van der Waals surface area contributed by atoms with Gasteiger partial charge in [0, 0.05) is 37.0 Å². The minimum Gasteiger partial charge on any atom is -0.379 e. The number of pyridine rings is 2. The number of ether oxygens (including phenoxy) is 1. The van der Waals surface area contributed by atoms with E-state index in [1.807, 2.05) is 0 Å². The van der Waals surface area contributed by atoms with Gasteiger partial charge >= 0.3 is 6.18 Å². The number of nitrogens with zero attached hydrogens (tertiary/aromatic N) is 6. The summed E-state index contributed by atoms with van der Waals surface area (Å²) in [6.45, 7) is -0.0224. The molecule has 4 aromatic heterocycles. The number of rotatable bonds is 3. The van der Waals surface area contributed by atoms with Crippen molar-refractivity contribution in [3.8, 4) is 11.4 Å². The maximum absolute atomic E-state index is 14.2. The number of aromatic nitrogens is 5. The van der Waals surface area contributed by atoms with Crippen LogP contribution in [0.4, 0.5) is 22.0 Å². The molecule has 1 saturated carbocycles. The van der Waals surface area contributed by atoms with Crippen molar-refractivity contribution in [3.63, 3.8) is 0 Å². The van der Waals surface area contributed by atoms with E-state index in [1.165, 1.54) is 18.5 Å². The van der Waals surface area contributed by atoms with E-state index in [2.05, 4.69) is 15.1 Å². The van der Waals surface area contributed by atoms with Crippen molar-refractivity contribution in [1.82, 2.24) is 29.0 Å². The Bertz CT molecular complexity index is 1510. The van der Waals surface area contributed by atoms with Crippen LogP contribution in [0.5, 0.6) is 0 Å². The highest BCUT2D eigenvalue weighted by molar-refractivity contribution is 5.99. The van der Waals surface area contributed by atoms with Crippen LogP contribution in [0.15, 0.2) is 30.7 Å². The number of hydrogen-bond donors (Lipinski definition) is 0. The summed E-state index contributed by atoms with van der Waals surface area (Å²) in [5.41, 5.74) is -0.518. The SMILES string of the molecule is O=C(c1cc2c(cn1)c(-c1cnc3c(F)cc(F)cn13)nn2CC(F)(F)F)N1CCCOCC12CC2. The Balaban J connectivity index is 1.48. The predicted molar refractivity (Wildman–Crippen MR) is 116 cm³/mol. The zero-order chi connectivity index (χ0) is 25.2. The molecule has 4 aromatic rings. The van der Waals surface area contributed by atoms with Crippen molar-refractivity contribution in [2.45, 2.75) is 37.5 Å². The third kappa shape index (κ3) is 3.77. The summed E-state index contributed by atoms with van der Waals surface area (Å²) >= 11 is 0. The van der Waals surface area contributed by atoms with Crippen LogP contribution in [-0.4, -0.2) is 66.4 Å². The molecule has 2 fully saturated rings. The van der Waals surface area contributed by atoms with Gasteiger partial charge in [-0.05, 0) is 25.3 Å². The number of carbonyl (C=O) groups is 1. The Morgan fingerprint density at radius 1 is 1.14 bits per heavy atom. The Kier molecular flexibility index (Phi) is 5.04. The van der Waals surface area contributed by atoms with Crippen LogP contribution in [0.2, 0.25) is 0 Å². The maximum atomic E-state index is 14.2. The van der Waals surface area contributed by atoms with Crippen molar-refractivity contribution in [1.29, 1.82) is 0 Å². The van der Waals surface area contributed by atoms with Gasteiger partial charge in [0.2, 0.25) is 0 Å². The lowest BCUT2D eigenvalue weighted by Gasteiger charge is -2.29. The van der Waals surface area contributed by atoms with Crippen LogP contribution < -0.4 is 0 Å². The van der Waals surface area contributed by atoms with Crippen LogP contribution in [0.1, 0.15) is 29.8 Å². The summed E-state index contributed by atoms with van der Waals surface area (Å²) in [4.78, 5) is 23.3. The highest BCUT2D eigenvalue weighted by Crippen LogP contribution is 2.44. The Hall–Kier alpha value is -3.61. The molecule has 0 aromatic carbocycles. The summed E-state index contributed by atoms with van der Waals surface area (Å²) < 4.78 is 75.7. The highest BCUT2D eigenvalue weighted by atomic mass is 19.4. The second kappa shape index (κ2) is 7.95. The van der Waals surface area contributed by atoms with Crippen molar-refractivity contribution >= 4 is 22.5 Å². The topological polar surface area (TPSA) is 77.6 Å². The first-order chi connectivity index (χ1) is 17.2. The smallest absolute Gasteiger partial charge is 0.379 e. The molecule has 1 spiro atoms. The number of amides is 1. The van der Waals surface area contributed by atoms with Gasteiger partial charge in [-0.3, -0.25) is 18.9 Å². The fraction of sp³-hybridized carbons (Fsp3) is 0.391. The zero-order valence-electron chi connectivity index (χ0n) is 18.7. The van der Waals surface area contributed by atoms with E-state index < -0.39 is 29.9 Å². The van der Waals surface area contributed by atoms with Crippen molar-refractivity contribution in [3.05, 3.63) is 48.1 Å². The molecule has 0 N–H and O–H groups in total. The van der Waals surface area contributed by atoms with Gasteiger partial charge in [-0.1, -0.05) is 0 Å². The van der Waals surface area contributed by atoms with Crippen molar-refractivity contribution < 1.29 is 31.5 Å². The Morgan fingerprint density at radius 3 is 2.69 bits per heavy atom. The van der Waals surface area contributed by atoms with E-state index in [1.54, 1.807) is 4.90 Å². The first-order valence-electron chi connectivity index (χ1n) is 11.3. The molecule has 36 heavy (non-hydrogen) atoms. The van der Waals surface area contributed by atoms with Crippen LogP contribution in [0.25, 0.3) is 27.9 Å². The Morgan fingerprint density at radius 2 is 1.94 bits per heavy atom. The standard InChI is InChI=1S/C23H19F5N6O2/c24-13-6-15(25)20-30-9-18(32(20)10-13)19-14-8-29-16(7-17(14)34(31-19)11-23(26,27)28)21(35)33-4-1-5-36-12-22(33)2-3-22/h6-10H,1-5,11-12H2. The van der Waals surface area contributed by atoms with Crippen LogP contribution in [0, 0.1) is 11.6 Å². The molecule has 0 radical (unpaired) electrons. The summed E-state index contributed by atoms with van der Waals surface area (Å²) in [5.74, 6) is -2.21. The second-order valence-electron chi connectivity index (χ2n) is 9.14. The number of hydrogen-bond acceptors (Lipinski definition) is 5. The quantitative estimate of drug-likeness (QED) is 0.393. The van der Waals surface area contributed by atoms with Gasteiger partial charge in [0.15, 0.2) is 11.5 Å². The average Bonchev–Trinajstić information content (AvgIpc) is 3.42. The summed E-state index contributed by atoms with van der Waals surface area (Å²) in [6.07, 6.45) is 1.05. The molecule has 1 aliphatic carbocycles. The zero-order valence-corrected chi connectivity index (χ0v) is 18.7. The van der Waals surface area contributed by atoms with Gasteiger partial charge in [0.25, 0.3) is 5.91 Å². The molecular formula is C23H19F5N6O2. The molecule has 0 atom stereocenters. The molecule has 1 saturated heterocycles. The van der Waals surface area contributed by atoms with E-state index >= 15 is 0 Å². The molecule has 1 aliphatic heterocycles. The minimum atomic E-state index is -4.61. The number of imidazole rings is 1. The number of carbonyl (C=O) groups excluding carboxylic acids is 1. The Labute approximate surface area is 200 Å². The number of fused-ring (bicyclic) bond motifs is 2. The van der Waals surface area contributed by atoms with E-state index in [-0.39, 0.29) is 39.5 Å². The van der Waals surface area contributed by atoms with Gasteiger partial charge in [0.1, 0.15) is 23.7 Å².